The predicted octanol–water partition coefficient (Wildman–Crippen LogP) is 4.27. The standard InChI is InChI=1S/C19H27Cl2N3O/c20-15-4-5-17(21)18(14-15)22-19(25)8-13-23-11-6-16(7-12-23)24-9-2-1-3-10-24/h4-5,14,16H,1-3,6-13H2,(H,22,25). The van der Waals surface area contributed by atoms with Crippen LogP contribution in [0.5, 0.6) is 0 Å². The maximum absolute atomic E-state index is 12.2. The van der Waals surface area contributed by atoms with Crippen LogP contribution in [0.1, 0.15) is 38.5 Å². The molecule has 2 aliphatic rings. The summed E-state index contributed by atoms with van der Waals surface area (Å²) in [6, 6.07) is 5.85. The molecule has 2 aliphatic heterocycles. The molecule has 2 heterocycles. The van der Waals surface area contributed by atoms with E-state index < -0.39 is 0 Å². The number of anilines is 1. The van der Waals surface area contributed by atoms with E-state index in [1.54, 1.807) is 18.2 Å². The first-order valence-corrected chi connectivity index (χ1v) is 10.1. The van der Waals surface area contributed by atoms with Crippen molar-refractivity contribution in [1.29, 1.82) is 0 Å². The van der Waals surface area contributed by atoms with E-state index >= 15 is 0 Å². The van der Waals surface area contributed by atoms with Crippen molar-refractivity contribution in [2.75, 3.05) is 38.0 Å². The van der Waals surface area contributed by atoms with Gasteiger partial charge in [-0.15, -0.1) is 0 Å². The van der Waals surface area contributed by atoms with E-state index in [1.807, 2.05) is 0 Å². The molecule has 1 N–H and O–H groups in total. The predicted molar refractivity (Wildman–Crippen MR) is 105 cm³/mol. The third kappa shape index (κ3) is 5.58. The Kier molecular flexibility index (Phi) is 7.00. The first kappa shape index (κ1) is 19.0. The number of halogens is 2. The van der Waals surface area contributed by atoms with Crippen molar-refractivity contribution in [2.45, 2.75) is 44.6 Å². The summed E-state index contributed by atoms with van der Waals surface area (Å²) in [5.41, 5.74) is 0.586. The lowest BCUT2D eigenvalue weighted by molar-refractivity contribution is -0.116. The molecule has 0 unspecified atom stereocenters. The maximum atomic E-state index is 12.2. The minimum atomic E-state index is -0.0117. The third-order valence-corrected chi connectivity index (χ3v) is 5.89. The van der Waals surface area contributed by atoms with E-state index in [1.165, 1.54) is 45.2 Å². The van der Waals surface area contributed by atoms with Crippen molar-refractivity contribution < 1.29 is 4.79 Å². The summed E-state index contributed by atoms with van der Waals surface area (Å²) in [6.07, 6.45) is 7.03. The number of likely N-dealkylation sites (tertiary alicyclic amines) is 2. The van der Waals surface area contributed by atoms with E-state index in [4.69, 9.17) is 23.2 Å². The molecular weight excluding hydrogens is 357 g/mol. The van der Waals surface area contributed by atoms with Crippen molar-refractivity contribution in [3.8, 4) is 0 Å². The minimum absolute atomic E-state index is 0.0117. The highest BCUT2D eigenvalue weighted by molar-refractivity contribution is 6.35. The fourth-order valence-electron chi connectivity index (χ4n) is 3.86. The van der Waals surface area contributed by atoms with Gasteiger partial charge in [0.15, 0.2) is 0 Å². The van der Waals surface area contributed by atoms with Gasteiger partial charge < -0.3 is 15.1 Å². The summed E-state index contributed by atoms with van der Waals surface area (Å²) < 4.78 is 0. The van der Waals surface area contributed by atoms with Crippen molar-refractivity contribution in [2.24, 2.45) is 0 Å². The van der Waals surface area contributed by atoms with Crippen LogP contribution in [0.25, 0.3) is 0 Å². The van der Waals surface area contributed by atoms with E-state index in [2.05, 4.69) is 15.1 Å². The Labute approximate surface area is 160 Å². The molecule has 25 heavy (non-hydrogen) atoms. The molecule has 1 amide bonds. The lowest BCUT2D eigenvalue weighted by Crippen LogP contribution is -2.47. The Morgan fingerprint density at radius 1 is 1.08 bits per heavy atom. The third-order valence-electron chi connectivity index (χ3n) is 5.32. The quantitative estimate of drug-likeness (QED) is 0.824. The normalized spacial score (nSPS) is 20.6. The van der Waals surface area contributed by atoms with E-state index in [0.29, 0.717) is 22.2 Å². The molecule has 0 bridgehead atoms. The molecule has 2 fully saturated rings. The number of nitrogens with zero attached hydrogens (tertiary/aromatic N) is 2. The van der Waals surface area contributed by atoms with Crippen LogP contribution in [0.2, 0.25) is 10.0 Å². The summed E-state index contributed by atoms with van der Waals surface area (Å²) in [5.74, 6) is -0.0117. The van der Waals surface area contributed by atoms with Crippen molar-refractivity contribution in [1.82, 2.24) is 9.80 Å². The van der Waals surface area contributed by atoms with Crippen LogP contribution in [-0.2, 0) is 4.79 Å². The Morgan fingerprint density at radius 3 is 2.52 bits per heavy atom. The van der Waals surface area contributed by atoms with Gasteiger partial charge in [-0.1, -0.05) is 29.6 Å². The second-order valence-electron chi connectivity index (χ2n) is 7.09. The number of hydrogen-bond donors (Lipinski definition) is 1. The molecule has 1 aromatic rings. The molecule has 0 aromatic heterocycles. The second-order valence-corrected chi connectivity index (χ2v) is 7.94. The summed E-state index contributed by atoms with van der Waals surface area (Å²) in [7, 11) is 0. The molecule has 1 aromatic carbocycles. The fourth-order valence-corrected chi connectivity index (χ4v) is 4.19. The zero-order chi connectivity index (χ0) is 17.6. The minimum Gasteiger partial charge on any atom is -0.325 e. The lowest BCUT2D eigenvalue weighted by atomic mass is 10.00. The summed E-state index contributed by atoms with van der Waals surface area (Å²) >= 11 is 12.0. The summed E-state index contributed by atoms with van der Waals surface area (Å²) in [6.45, 7) is 5.52. The average Bonchev–Trinajstić information content (AvgIpc) is 2.64. The van der Waals surface area contributed by atoms with Crippen molar-refractivity contribution in [3.63, 3.8) is 0 Å². The Bertz CT molecular complexity index is 582. The maximum Gasteiger partial charge on any atom is 0.225 e. The van der Waals surface area contributed by atoms with Gasteiger partial charge in [0.25, 0.3) is 0 Å². The monoisotopic (exact) mass is 383 g/mol. The van der Waals surface area contributed by atoms with Gasteiger partial charge in [-0.3, -0.25) is 4.79 Å². The topological polar surface area (TPSA) is 35.6 Å². The number of hydrogen-bond acceptors (Lipinski definition) is 3. The van der Waals surface area contributed by atoms with Crippen LogP contribution >= 0.6 is 23.2 Å². The molecule has 2 saturated heterocycles. The molecule has 138 valence electrons. The Hall–Kier alpha value is -0.810. The van der Waals surface area contributed by atoms with Gasteiger partial charge >= 0.3 is 0 Å². The van der Waals surface area contributed by atoms with Crippen LogP contribution < -0.4 is 5.32 Å². The summed E-state index contributed by atoms with van der Waals surface area (Å²) in [4.78, 5) is 17.3. The van der Waals surface area contributed by atoms with Crippen LogP contribution in [0.15, 0.2) is 18.2 Å². The van der Waals surface area contributed by atoms with Gasteiger partial charge in [-0.25, -0.2) is 0 Å². The van der Waals surface area contributed by atoms with Crippen LogP contribution in [-0.4, -0.2) is 54.5 Å². The van der Waals surface area contributed by atoms with Gasteiger partial charge in [-0.05, 0) is 70.1 Å². The number of piperidine rings is 2. The highest BCUT2D eigenvalue weighted by Gasteiger charge is 2.25. The van der Waals surface area contributed by atoms with Gasteiger partial charge in [0.2, 0.25) is 5.91 Å². The first-order valence-electron chi connectivity index (χ1n) is 9.33. The molecule has 0 radical (unpaired) electrons. The molecule has 0 saturated carbocycles. The Morgan fingerprint density at radius 2 is 1.80 bits per heavy atom. The van der Waals surface area contributed by atoms with E-state index in [0.717, 1.165) is 25.7 Å². The number of benzene rings is 1. The highest BCUT2D eigenvalue weighted by Crippen LogP contribution is 2.25. The molecule has 0 spiro atoms. The molecule has 6 heteroatoms. The van der Waals surface area contributed by atoms with Gasteiger partial charge in [0.05, 0.1) is 10.7 Å². The Balaban J connectivity index is 1.39. The average molecular weight is 384 g/mol. The zero-order valence-electron chi connectivity index (χ0n) is 14.6. The molecule has 0 atom stereocenters. The molecular formula is C19H27Cl2N3O. The summed E-state index contributed by atoms with van der Waals surface area (Å²) in [5, 5.41) is 3.94. The van der Waals surface area contributed by atoms with Gasteiger partial charge in [0, 0.05) is 24.0 Å². The molecule has 0 aliphatic carbocycles. The van der Waals surface area contributed by atoms with Gasteiger partial charge in [0.1, 0.15) is 0 Å². The van der Waals surface area contributed by atoms with Crippen LogP contribution in [0, 0.1) is 0 Å². The fraction of sp³-hybridized carbons (Fsp3) is 0.632. The smallest absolute Gasteiger partial charge is 0.225 e. The molecule has 4 nitrogen and oxygen atoms in total. The van der Waals surface area contributed by atoms with Crippen LogP contribution in [0.4, 0.5) is 5.69 Å². The van der Waals surface area contributed by atoms with Crippen LogP contribution in [0.3, 0.4) is 0 Å². The van der Waals surface area contributed by atoms with Crippen molar-refractivity contribution in [3.05, 3.63) is 28.2 Å². The second kappa shape index (κ2) is 9.22. The van der Waals surface area contributed by atoms with E-state index in [-0.39, 0.29) is 5.91 Å². The zero-order valence-corrected chi connectivity index (χ0v) is 16.2. The van der Waals surface area contributed by atoms with Gasteiger partial charge in [-0.2, -0.15) is 0 Å². The number of amides is 1. The van der Waals surface area contributed by atoms with Crippen molar-refractivity contribution >= 4 is 34.8 Å². The highest BCUT2D eigenvalue weighted by atomic mass is 35.5. The number of carbonyl (C=O) groups is 1. The number of carbonyl (C=O) groups excluding carboxylic acids is 1. The largest absolute Gasteiger partial charge is 0.325 e. The molecule has 3 rings (SSSR count). The SMILES string of the molecule is O=C(CCN1CCC(N2CCCCC2)CC1)Nc1cc(Cl)ccc1Cl. The number of rotatable bonds is 5. The first-order chi connectivity index (χ1) is 12.1. The van der Waals surface area contributed by atoms with E-state index in [9.17, 15) is 4.79 Å². The number of nitrogens with one attached hydrogen (secondary N) is 1. The lowest BCUT2D eigenvalue weighted by Gasteiger charge is -2.40.